The van der Waals surface area contributed by atoms with Crippen molar-refractivity contribution < 1.29 is 18.7 Å². The molecule has 0 unspecified atom stereocenters. The Morgan fingerprint density at radius 3 is 2.48 bits per heavy atom. The van der Waals surface area contributed by atoms with E-state index in [0.29, 0.717) is 10.7 Å². The molecule has 5 nitrogen and oxygen atoms in total. The Kier molecular flexibility index (Phi) is 6.46. The zero-order chi connectivity index (χ0) is 20.8. The molecule has 3 rings (SSSR count). The van der Waals surface area contributed by atoms with Gasteiger partial charge >= 0.3 is 0 Å². The molecule has 0 aromatic heterocycles. The smallest absolute Gasteiger partial charge is 0.262 e. The van der Waals surface area contributed by atoms with Crippen LogP contribution in [0.5, 0.6) is 5.75 Å². The molecule has 148 valence electrons. The maximum absolute atomic E-state index is 13.6. The average Bonchev–Trinajstić information content (AvgIpc) is 2.71. The van der Waals surface area contributed by atoms with Crippen LogP contribution in [0.15, 0.2) is 66.7 Å². The number of amides is 2. The van der Waals surface area contributed by atoms with Gasteiger partial charge in [0.25, 0.3) is 11.8 Å². The predicted molar refractivity (Wildman–Crippen MR) is 111 cm³/mol. The monoisotopic (exact) mass is 412 g/mol. The summed E-state index contributed by atoms with van der Waals surface area (Å²) in [4.78, 5) is 24.7. The zero-order valence-electron chi connectivity index (χ0n) is 15.5. The molecule has 0 aliphatic carbocycles. The SMILES string of the molecule is Cc1ccc(NC(=O)c2ccccc2OCC(=O)Nc2ccccc2F)cc1Cl. The second kappa shape index (κ2) is 9.21. The molecular formula is C22H18ClFN2O3. The highest BCUT2D eigenvalue weighted by molar-refractivity contribution is 6.31. The van der Waals surface area contributed by atoms with Crippen LogP contribution in [0.4, 0.5) is 15.8 Å². The Morgan fingerprint density at radius 2 is 1.72 bits per heavy atom. The van der Waals surface area contributed by atoms with Crippen molar-refractivity contribution in [1.29, 1.82) is 0 Å². The molecule has 2 N–H and O–H groups in total. The zero-order valence-corrected chi connectivity index (χ0v) is 16.3. The van der Waals surface area contributed by atoms with Crippen LogP contribution in [0, 0.1) is 12.7 Å². The van der Waals surface area contributed by atoms with Crippen molar-refractivity contribution in [2.45, 2.75) is 6.92 Å². The Morgan fingerprint density at radius 1 is 1.00 bits per heavy atom. The number of ether oxygens (including phenoxy) is 1. The molecule has 0 atom stereocenters. The number of aryl methyl sites for hydroxylation is 1. The van der Waals surface area contributed by atoms with Gasteiger partial charge in [-0.3, -0.25) is 9.59 Å². The quantitative estimate of drug-likeness (QED) is 0.594. The Bertz CT molecular complexity index is 1060. The summed E-state index contributed by atoms with van der Waals surface area (Å²) in [6, 6.07) is 17.5. The summed E-state index contributed by atoms with van der Waals surface area (Å²) in [5.74, 6) is -1.27. The van der Waals surface area contributed by atoms with Gasteiger partial charge in [-0.05, 0) is 48.9 Å². The van der Waals surface area contributed by atoms with Gasteiger partial charge in [0, 0.05) is 10.7 Å². The third-order valence-electron chi connectivity index (χ3n) is 4.07. The summed E-state index contributed by atoms with van der Waals surface area (Å²) < 4.78 is 19.1. The number of halogens is 2. The number of carbonyl (C=O) groups is 2. The highest BCUT2D eigenvalue weighted by Gasteiger charge is 2.14. The van der Waals surface area contributed by atoms with E-state index < -0.39 is 17.6 Å². The molecule has 0 bridgehead atoms. The molecule has 2 amide bonds. The Hall–Kier alpha value is -3.38. The van der Waals surface area contributed by atoms with E-state index in [0.717, 1.165) is 5.56 Å². The van der Waals surface area contributed by atoms with Crippen LogP contribution >= 0.6 is 11.6 Å². The lowest BCUT2D eigenvalue weighted by Crippen LogP contribution is -2.22. The molecule has 0 aliphatic rings. The van der Waals surface area contributed by atoms with Gasteiger partial charge in [0.1, 0.15) is 11.6 Å². The highest BCUT2D eigenvalue weighted by Crippen LogP contribution is 2.23. The summed E-state index contributed by atoms with van der Waals surface area (Å²) in [6.07, 6.45) is 0. The van der Waals surface area contributed by atoms with Gasteiger partial charge in [-0.15, -0.1) is 0 Å². The van der Waals surface area contributed by atoms with Crippen LogP contribution in [-0.2, 0) is 4.79 Å². The van der Waals surface area contributed by atoms with Gasteiger partial charge in [-0.2, -0.15) is 0 Å². The molecule has 0 saturated heterocycles. The lowest BCUT2D eigenvalue weighted by molar-refractivity contribution is -0.118. The van der Waals surface area contributed by atoms with E-state index in [1.165, 1.54) is 18.2 Å². The van der Waals surface area contributed by atoms with Crippen LogP contribution in [0.1, 0.15) is 15.9 Å². The molecule has 0 heterocycles. The fourth-order valence-electron chi connectivity index (χ4n) is 2.54. The molecule has 0 fully saturated rings. The number of carbonyl (C=O) groups excluding carboxylic acids is 2. The summed E-state index contributed by atoms with van der Waals surface area (Å²) >= 11 is 6.09. The third kappa shape index (κ3) is 5.33. The van der Waals surface area contributed by atoms with Crippen LogP contribution < -0.4 is 15.4 Å². The number of anilines is 2. The van der Waals surface area contributed by atoms with E-state index in [-0.39, 0.29) is 23.6 Å². The summed E-state index contributed by atoms with van der Waals surface area (Å²) in [5.41, 5.74) is 1.75. The first kappa shape index (κ1) is 20.4. The van der Waals surface area contributed by atoms with Crippen molar-refractivity contribution in [3.05, 3.63) is 88.7 Å². The molecular weight excluding hydrogens is 395 g/mol. The highest BCUT2D eigenvalue weighted by atomic mass is 35.5. The van der Waals surface area contributed by atoms with Crippen LogP contribution in [0.25, 0.3) is 0 Å². The first-order chi connectivity index (χ1) is 13.9. The molecule has 7 heteroatoms. The van der Waals surface area contributed by atoms with Crippen molar-refractivity contribution >= 4 is 34.8 Å². The Labute approximate surface area is 172 Å². The predicted octanol–water partition coefficient (Wildman–Crippen LogP) is 5.06. The molecule has 0 saturated carbocycles. The van der Waals surface area contributed by atoms with E-state index in [9.17, 15) is 14.0 Å². The van der Waals surface area contributed by atoms with E-state index in [1.807, 2.05) is 6.92 Å². The summed E-state index contributed by atoms with van der Waals surface area (Å²) in [6.45, 7) is 1.48. The average molecular weight is 413 g/mol. The Balaban J connectivity index is 1.66. The number of hydrogen-bond donors (Lipinski definition) is 2. The topological polar surface area (TPSA) is 67.4 Å². The summed E-state index contributed by atoms with van der Waals surface area (Å²) in [5, 5.41) is 5.71. The summed E-state index contributed by atoms with van der Waals surface area (Å²) in [7, 11) is 0. The van der Waals surface area contributed by atoms with Gasteiger partial charge in [0.15, 0.2) is 6.61 Å². The molecule has 3 aromatic rings. The largest absolute Gasteiger partial charge is 0.483 e. The van der Waals surface area contributed by atoms with E-state index in [2.05, 4.69) is 10.6 Å². The van der Waals surface area contributed by atoms with Crippen molar-refractivity contribution in [3.8, 4) is 5.75 Å². The van der Waals surface area contributed by atoms with Crippen molar-refractivity contribution in [3.63, 3.8) is 0 Å². The number of benzene rings is 3. The van der Waals surface area contributed by atoms with Crippen molar-refractivity contribution in [1.82, 2.24) is 0 Å². The van der Waals surface area contributed by atoms with Crippen LogP contribution in [0.3, 0.4) is 0 Å². The third-order valence-corrected chi connectivity index (χ3v) is 4.48. The first-order valence-electron chi connectivity index (χ1n) is 8.78. The van der Waals surface area contributed by atoms with E-state index in [1.54, 1.807) is 48.5 Å². The number of rotatable bonds is 6. The maximum Gasteiger partial charge on any atom is 0.262 e. The van der Waals surface area contributed by atoms with Crippen LogP contribution in [-0.4, -0.2) is 18.4 Å². The minimum atomic E-state index is -0.546. The van der Waals surface area contributed by atoms with Gasteiger partial charge in [-0.1, -0.05) is 41.9 Å². The van der Waals surface area contributed by atoms with Crippen molar-refractivity contribution in [2.75, 3.05) is 17.2 Å². The number of hydrogen-bond acceptors (Lipinski definition) is 3. The number of nitrogens with one attached hydrogen (secondary N) is 2. The van der Waals surface area contributed by atoms with Gasteiger partial charge < -0.3 is 15.4 Å². The normalized spacial score (nSPS) is 10.3. The lowest BCUT2D eigenvalue weighted by Gasteiger charge is -2.12. The molecule has 0 aliphatic heterocycles. The van der Waals surface area contributed by atoms with Gasteiger partial charge in [0.2, 0.25) is 0 Å². The molecule has 3 aromatic carbocycles. The second-order valence-electron chi connectivity index (χ2n) is 6.23. The fraction of sp³-hybridized carbons (Fsp3) is 0.0909. The van der Waals surface area contributed by atoms with E-state index in [4.69, 9.17) is 16.3 Å². The maximum atomic E-state index is 13.6. The standard InChI is InChI=1S/C22H18ClFN2O3/c1-14-10-11-15(12-17(14)23)25-22(28)16-6-2-5-9-20(16)29-13-21(27)26-19-8-4-3-7-18(19)24/h2-12H,13H2,1H3,(H,25,28)(H,26,27). The van der Waals surface area contributed by atoms with Gasteiger partial charge in [0.05, 0.1) is 11.3 Å². The van der Waals surface area contributed by atoms with Crippen LogP contribution in [0.2, 0.25) is 5.02 Å². The second-order valence-corrected chi connectivity index (χ2v) is 6.64. The lowest BCUT2D eigenvalue weighted by atomic mass is 10.1. The van der Waals surface area contributed by atoms with E-state index >= 15 is 0 Å². The number of para-hydroxylation sites is 2. The van der Waals surface area contributed by atoms with Crippen molar-refractivity contribution in [2.24, 2.45) is 0 Å². The minimum absolute atomic E-state index is 0.0587. The molecule has 0 radical (unpaired) electrons. The first-order valence-corrected chi connectivity index (χ1v) is 9.15. The van der Waals surface area contributed by atoms with Gasteiger partial charge in [-0.25, -0.2) is 4.39 Å². The fourth-order valence-corrected chi connectivity index (χ4v) is 2.72. The minimum Gasteiger partial charge on any atom is -0.483 e. The molecule has 0 spiro atoms. The molecule has 29 heavy (non-hydrogen) atoms.